The minimum atomic E-state index is -0.294. The van der Waals surface area contributed by atoms with E-state index in [1.165, 1.54) is 12.0 Å². The summed E-state index contributed by atoms with van der Waals surface area (Å²) in [6.45, 7) is 4.30. The van der Waals surface area contributed by atoms with Gasteiger partial charge in [-0.05, 0) is 36.5 Å². The van der Waals surface area contributed by atoms with Crippen LogP contribution in [0.25, 0.3) is 0 Å². The summed E-state index contributed by atoms with van der Waals surface area (Å²) in [5.41, 5.74) is 8.15. The fraction of sp³-hybridized carbons (Fsp3) is 0.588. The molecule has 0 saturated heterocycles. The summed E-state index contributed by atoms with van der Waals surface area (Å²) in [4.78, 5) is 12.2. The Balaban J connectivity index is 1.95. The predicted octanol–water partition coefficient (Wildman–Crippen LogP) is 3.80. The first-order valence-corrected chi connectivity index (χ1v) is 7.67. The molecule has 0 aromatic heterocycles. The minimum Gasteiger partial charge on any atom is -0.326 e. The van der Waals surface area contributed by atoms with Gasteiger partial charge in [0.1, 0.15) is 0 Å². The number of nitrogens with one attached hydrogen (secondary N) is 1. The van der Waals surface area contributed by atoms with E-state index in [0.29, 0.717) is 12.3 Å². The molecule has 0 bridgehead atoms. The molecule has 20 heavy (non-hydrogen) atoms. The Bertz CT molecular complexity index is 462. The Kier molecular flexibility index (Phi) is 4.81. The molecule has 110 valence electrons. The highest BCUT2D eigenvalue weighted by Gasteiger charge is 2.29. The molecule has 3 nitrogen and oxygen atoms in total. The average molecular weight is 274 g/mol. The number of nitrogens with two attached hydrogens (primary N) is 1. The fourth-order valence-corrected chi connectivity index (χ4v) is 2.93. The Morgan fingerprint density at radius 3 is 2.65 bits per heavy atom. The molecule has 1 saturated carbocycles. The molecule has 0 atom stereocenters. The van der Waals surface area contributed by atoms with Gasteiger partial charge in [-0.15, -0.1) is 0 Å². The average Bonchev–Trinajstić information content (AvgIpc) is 2.39. The first-order valence-electron chi connectivity index (χ1n) is 7.67. The Labute approximate surface area is 121 Å². The molecule has 0 radical (unpaired) electrons. The van der Waals surface area contributed by atoms with Crippen LogP contribution < -0.4 is 11.1 Å². The summed E-state index contributed by atoms with van der Waals surface area (Å²) in [6.07, 6.45) is 5.90. The van der Waals surface area contributed by atoms with Gasteiger partial charge in [-0.1, -0.05) is 45.2 Å². The quantitative estimate of drug-likeness (QED) is 0.877. The Morgan fingerprint density at radius 1 is 1.30 bits per heavy atom. The summed E-state index contributed by atoms with van der Waals surface area (Å²) in [6, 6.07) is 8.07. The molecule has 2 rings (SSSR count). The molecule has 3 heteroatoms. The van der Waals surface area contributed by atoms with Crippen molar-refractivity contribution >= 4 is 11.6 Å². The van der Waals surface area contributed by atoms with Crippen molar-refractivity contribution in [3.05, 3.63) is 29.8 Å². The number of anilines is 1. The standard InChI is InChI=1S/C17H26N2O/c1-13(2)14-7-6-8-15(11-14)19-16(20)12-17(18)9-4-3-5-10-17/h6-8,11,13H,3-5,9-10,12,18H2,1-2H3,(H,19,20). The van der Waals surface area contributed by atoms with Crippen LogP contribution in [0, 0.1) is 0 Å². The second-order valence-electron chi connectivity index (χ2n) is 6.43. The number of hydrogen-bond donors (Lipinski definition) is 2. The molecular weight excluding hydrogens is 248 g/mol. The first-order chi connectivity index (χ1) is 9.48. The third-order valence-electron chi connectivity index (χ3n) is 4.20. The largest absolute Gasteiger partial charge is 0.326 e. The van der Waals surface area contributed by atoms with E-state index in [9.17, 15) is 4.79 Å². The van der Waals surface area contributed by atoms with E-state index in [0.717, 1.165) is 31.4 Å². The lowest BCUT2D eigenvalue weighted by Gasteiger charge is -2.32. The van der Waals surface area contributed by atoms with Crippen LogP contribution in [0.4, 0.5) is 5.69 Å². The molecule has 0 aliphatic heterocycles. The third-order valence-corrected chi connectivity index (χ3v) is 4.20. The zero-order chi connectivity index (χ0) is 14.6. The van der Waals surface area contributed by atoms with Crippen LogP contribution in [0.1, 0.15) is 63.9 Å². The van der Waals surface area contributed by atoms with Crippen molar-refractivity contribution in [2.45, 2.75) is 63.8 Å². The van der Waals surface area contributed by atoms with E-state index in [2.05, 4.69) is 25.2 Å². The van der Waals surface area contributed by atoms with E-state index in [1.807, 2.05) is 18.2 Å². The van der Waals surface area contributed by atoms with E-state index in [-0.39, 0.29) is 11.4 Å². The van der Waals surface area contributed by atoms with Gasteiger partial charge in [0, 0.05) is 17.6 Å². The van der Waals surface area contributed by atoms with Crippen LogP contribution in [0.5, 0.6) is 0 Å². The van der Waals surface area contributed by atoms with Gasteiger partial charge in [0.15, 0.2) is 0 Å². The van der Waals surface area contributed by atoms with E-state index in [4.69, 9.17) is 5.73 Å². The third kappa shape index (κ3) is 4.07. The zero-order valence-electron chi connectivity index (χ0n) is 12.6. The maximum Gasteiger partial charge on any atom is 0.226 e. The summed E-state index contributed by atoms with van der Waals surface area (Å²) in [5, 5.41) is 2.99. The number of rotatable bonds is 4. The summed E-state index contributed by atoms with van der Waals surface area (Å²) < 4.78 is 0. The van der Waals surface area contributed by atoms with Crippen LogP contribution >= 0.6 is 0 Å². The lowest BCUT2D eigenvalue weighted by molar-refractivity contribution is -0.117. The number of amides is 1. The normalized spacial score (nSPS) is 18.0. The first kappa shape index (κ1) is 15.0. The van der Waals surface area contributed by atoms with Gasteiger partial charge in [0.2, 0.25) is 5.91 Å². The summed E-state index contributed by atoms with van der Waals surface area (Å²) >= 11 is 0. The van der Waals surface area contributed by atoms with Gasteiger partial charge in [-0.3, -0.25) is 4.79 Å². The maximum absolute atomic E-state index is 12.2. The monoisotopic (exact) mass is 274 g/mol. The number of carbonyl (C=O) groups excluding carboxylic acids is 1. The van der Waals surface area contributed by atoms with Crippen molar-refractivity contribution in [3.8, 4) is 0 Å². The summed E-state index contributed by atoms with van der Waals surface area (Å²) in [7, 11) is 0. The molecule has 0 spiro atoms. The molecule has 3 N–H and O–H groups in total. The van der Waals surface area contributed by atoms with Gasteiger partial charge >= 0.3 is 0 Å². The Morgan fingerprint density at radius 2 is 2.00 bits per heavy atom. The van der Waals surface area contributed by atoms with Crippen LogP contribution in [0.3, 0.4) is 0 Å². The van der Waals surface area contributed by atoms with Gasteiger partial charge in [-0.25, -0.2) is 0 Å². The lowest BCUT2D eigenvalue weighted by atomic mass is 9.80. The second-order valence-corrected chi connectivity index (χ2v) is 6.43. The van der Waals surface area contributed by atoms with Crippen molar-refractivity contribution in [2.75, 3.05) is 5.32 Å². The van der Waals surface area contributed by atoms with Crippen molar-refractivity contribution in [1.29, 1.82) is 0 Å². The number of benzene rings is 1. The van der Waals surface area contributed by atoms with Crippen molar-refractivity contribution in [3.63, 3.8) is 0 Å². The smallest absolute Gasteiger partial charge is 0.226 e. The van der Waals surface area contributed by atoms with Gasteiger partial charge in [0.25, 0.3) is 0 Å². The topological polar surface area (TPSA) is 55.1 Å². The molecule has 1 amide bonds. The van der Waals surface area contributed by atoms with Gasteiger partial charge < -0.3 is 11.1 Å². The molecule has 1 fully saturated rings. The minimum absolute atomic E-state index is 0.0373. The van der Waals surface area contributed by atoms with Crippen molar-refractivity contribution in [1.82, 2.24) is 0 Å². The molecule has 0 heterocycles. The molecular formula is C17H26N2O. The van der Waals surface area contributed by atoms with Gasteiger partial charge in [-0.2, -0.15) is 0 Å². The molecule has 1 aromatic carbocycles. The Hall–Kier alpha value is -1.35. The fourth-order valence-electron chi connectivity index (χ4n) is 2.93. The highest BCUT2D eigenvalue weighted by atomic mass is 16.1. The number of hydrogen-bond acceptors (Lipinski definition) is 2. The van der Waals surface area contributed by atoms with Crippen LogP contribution in [-0.4, -0.2) is 11.4 Å². The van der Waals surface area contributed by atoms with Crippen LogP contribution in [-0.2, 0) is 4.79 Å². The van der Waals surface area contributed by atoms with Crippen LogP contribution in [0.2, 0.25) is 0 Å². The van der Waals surface area contributed by atoms with Crippen molar-refractivity contribution < 1.29 is 4.79 Å². The maximum atomic E-state index is 12.2. The number of carbonyl (C=O) groups is 1. The van der Waals surface area contributed by atoms with Crippen molar-refractivity contribution in [2.24, 2.45) is 5.73 Å². The molecule has 1 aromatic rings. The van der Waals surface area contributed by atoms with E-state index < -0.39 is 0 Å². The lowest BCUT2D eigenvalue weighted by Crippen LogP contribution is -2.44. The second kappa shape index (κ2) is 6.40. The highest BCUT2D eigenvalue weighted by Crippen LogP contribution is 2.29. The molecule has 1 aliphatic rings. The zero-order valence-corrected chi connectivity index (χ0v) is 12.6. The van der Waals surface area contributed by atoms with E-state index >= 15 is 0 Å². The summed E-state index contributed by atoms with van der Waals surface area (Å²) in [5.74, 6) is 0.501. The predicted molar refractivity (Wildman–Crippen MR) is 83.8 cm³/mol. The highest BCUT2D eigenvalue weighted by molar-refractivity contribution is 5.91. The SMILES string of the molecule is CC(C)c1cccc(NC(=O)CC2(N)CCCCC2)c1. The molecule has 0 unspecified atom stereocenters. The molecule has 1 aliphatic carbocycles. The van der Waals surface area contributed by atoms with E-state index in [1.54, 1.807) is 0 Å². The van der Waals surface area contributed by atoms with Crippen LogP contribution in [0.15, 0.2) is 24.3 Å². The van der Waals surface area contributed by atoms with Gasteiger partial charge in [0.05, 0.1) is 0 Å².